The van der Waals surface area contributed by atoms with E-state index in [0.29, 0.717) is 12.2 Å². The normalized spacial score (nSPS) is 15.0. The quantitative estimate of drug-likeness (QED) is 0.421. The van der Waals surface area contributed by atoms with Crippen molar-refractivity contribution in [3.8, 4) is 0 Å². The molecular weight excluding hydrogens is 322 g/mol. The van der Waals surface area contributed by atoms with Gasteiger partial charge in [-0.2, -0.15) is 4.31 Å². The molecule has 0 aromatic carbocycles. The van der Waals surface area contributed by atoms with Gasteiger partial charge in [0.25, 0.3) is 8.46 Å². The smallest absolute Gasteiger partial charge is 0.333 e. The van der Waals surface area contributed by atoms with Crippen molar-refractivity contribution >= 4 is 29.2 Å². The van der Waals surface area contributed by atoms with Gasteiger partial charge in [-0.25, -0.2) is 13.2 Å². The Morgan fingerprint density at radius 2 is 1.94 bits per heavy atom. The van der Waals surface area contributed by atoms with Crippen LogP contribution in [0.1, 0.15) is 27.7 Å². The summed E-state index contributed by atoms with van der Waals surface area (Å²) in [5, 5.41) is 0. The van der Waals surface area contributed by atoms with E-state index in [1.165, 1.54) is 11.4 Å². The molecule has 106 valence electrons. The standard InChI is InChI=1S/C11H20BrNO4S/c1-6-17-11(14)9(4)7-10(8(2)3)13(5)18(12,15)16/h7-8,10H,6H2,1-5H3/b9-7+/t10-/m1/s1. The van der Waals surface area contributed by atoms with Crippen molar-refractivity contribution in [3.05, 3.63) is 11.6 Å². The van der Waals surface area contributed by atoms with Gasteiger partial charge in [-0.15, -0.1) is 0 Å². The van der Waals surface area contributed by atoms with Crippen molar-refractivity contribution in [2.45, 2.75) is 33.7 Å². The summed E-state index contributed by atoms with van der Waals surface area (Å²) >= 11 is 2.62. The molecule has 0 spiro atoms. The Labute approximate surface area is 116 Å². The van der Waals surface area contributed by atoms with Crippen molar-refractivity contribution in [1.82, 2.24) is 4.31 Å². The number of carbonyl (C=O) groups is 1. The number of rotatable bonds is 6. The lowest BCUT2D eigenvalue weighted by atomic mass is 10.0. The van der Waals surface area contributed by atoms with Gasteiger partial charge in [-0.3, -0.25) is 0 Å². The van der Waals surface area contributed by atoms with E-state index in [1.807, 2.05) is 13.8 Å². The van der Waals surface area contributed by atoms with Crippen molar-refractivity contribution in [3.63, 3.8) is 0 Å². The highest BCUT2D eigenvalue weighted by atomic mass is 79.9. The highest BCUT2D eigenvalue weighted by molar-refractivity contribution is 9.47. The lowest BCUT2D eigenvalue weighted by molar-refractivity contribution is -0.138. The molecule has 0 saturated carbocycles. The molecule has 0 aliphatic heterocycles. The van der Waals surface area contributed by atoms with Crippen LogP contribution in [0.2, 0.25) is 0 Å². The molecule has 0 rings (SSSR count). The van der Waals surface area contributed by atoms with Gasteiger partial charge in [0, 0.05) is 18.7 Å². The zero-order chi connectivity index (χ0) is 14.5. The van der Waals surface area contributed by atoms with E-state index in [-0.39, 0.29) is 5.92 Å². The molecule has 0 aliphatic carbocycles. The van der Waals surface area contributed by atoms with Crippen LogP contribution in [0, 0.1) is 5.92 Å². The van der Waals surface area contributed by atoms with Crippen LogP contribution < -0.4 is 0 Å². The van der Waals surface area contributed by atoms with Crippen LogP contribution in [0.15, 0.2) is 11.6 Å². The lowest BCUT2D eigenvalue weighted by Gasteiger charge is -2.26. The Balaban J connectivity index is 5.17. The Bertz CT molecular complexity index is 417. The predicted molar refractivity (Wildman–Crippen MR) is 74.6 cm³/mol. The summed E-state index contributed by atoms with van der Waals surface area (Å²) in [5.74, 6) is -0.393. The fraction of sp³-hybridized carbons (Fsp3) is 0.727. The molecule has 1 atom stereocenters. The molecular formula is C11H20BrNO4S. The van der Waals surface area contributed by atoms with E-state index in [1.54, 1.807) is 19.9 Å². The average Bonchev–Trinajstić information content (AvgIpc) is 2.23. The second kappa shape index (κ2) is 7.25. The lowest BCUT2D eigenvalue weighted by Crippen LogP contribution is -2.36. The van der Waals surface area contributed by atoms with Gasteiger partial charge >= 0.3 is 5.97 Å². The number of hydrogen-bond donors (Lipinski definition) is 0. The molecule has 5 nitrogen and oxygen atoms in total. The molecule has 7 heteroatoms. The fourth-order valence-corrected chi connectivity index (χ4v) is 2.61. The van der Waals surface area contributed by atoms with E-state index < -0.39 is 20.5 Å². The summed E-state index contributed by atoms with van der Waals surface area (Å²) in [7, 11) is -2.02. The molecule has 0 fully saturated rings. The highest BCUT2D eigenvalue weighted by Gasteiger charge is 2.25. The van der Waals surface area contributed by atoms with E-state index >= 15 is 0 Å². The Morgan fingerprint density at radius 1 is 1.44 bits per heavy atom. The molecule has 0 bridgehead atoms. The van der Waals surface area contributed by atoms with Gasteiger partial charge in [0.2, 0.25) is 0 Å². The van der Waals surface area contributed by atoms with Gasteiger partial charge < -0.3 is 4.74 Å². The fourth-order valence-electron chi connectivity index (χ4n) is 1.43. The summed E-state index contributed by atoms with van der Waals surface area (Å²) in [5.41, 5.74) is 0.401. The van der Waals surface area contributed by atoms with E-state index in [0.717, 1.165) is 0 Å². The minimum atomic E-state index is -3.48. The maximum atomic E-state index is 11.5. The third-order valence-corrected chi connectivity index (χ3v) is 4.77. The van der Waals surface area contributed by atoms with E-state index in [4.69, 9.17) is 4.74 Å². The first-order valence-corrected chi connectivity index (χ1v) is 8.92. The zero-order valence-electron chi connectivity index (χ0n) is 11.3. The van der Waals surface area contributed by atoms with Gasteiger partial charge in [0.15, 0.2) is 0 Å². The van der Waals surface area contributed by atoms with E-state index in [2.05, 4.69) is 14.8 Å². The maximum absolute atomic E-state index is 11.5. The Hall–Kier alpha value is -0.400. The molecule has 0 aromatic rings. The Kier molecular flexibility index (Phi) is 7.09. The van der Waals surface area contributed by atoms with Crippen molar-refractivity contribution in [1.29, 1.82) is 0 Å². The van der Waals surface area contributed by atoms with Gasteiger partial charge in [0.05, 0.1) is 21.4 Å². The molecule has 0 heterocycles. The maximum Gasteiger partial charge on any atom is 0.333 e. The summed E-state index contributed by atoms with van der Waals surface area (Å²) in [4.78, 5) is 11.5. The van der Waals surface area contributed by atoms with Crippen LogP contribution >= 0.6 is 14.8 Å². The second-order valence-electron chi connectivity index (χ2n) is 4.26. The van der Waals surface area contributed by atoms with Crippen LogP contribution in [0.4, 0.5) is 0 Å². The number of nitrogens with zero attached hydrogens (tertiary/aromatic N) is 1. The first-order chi connectivity index (χ1) is 8.11. The molecule has 0 aromatic heterocycles. The molecule has 0 aliphatic rings. The topological polar surface area (TPSA) is 63.7 Å². The van der Waals surface area contributed by atoms with Crippen LogP contribution in [-0.4, -0.2) is 38.4 Å². The second-order valence-corrected chi connectivity index (χ2v) is 8.12. The van der Waals surface area contributed by atoms with E-state index in [9.17, 15) is 13.2 Å². The highest BCUT2D eigenvalue weighted by Crippen LogP contribution is 2.19. The third kappa shape index (κ3) is 5.49. The van der Waals surface area contributed by atoms with Crippen molar-refractivity contribution in [2.24, 2.45) is 5.92 Å². The molecule has 0 N–H and O–H groups in total. The number of hydrogen-bond acceptors (Lipinski definition) is 4. The summed E-state index contributed by atoms with van der Waals surface area (Å²) in [6.07, 6.45) is 1.61. The molecule has 0 saturated heterocycles. The van der Waals surface area contributed by atoms with Crippen molar-refractivity contribution < 1.29 is 17.9 Å². The van der Waals surface area contributed by atoms with Gasteiger partial charge in [0.1, 0.15) is 0 Å². The number of esters is 1. The zero-order valence-corrected chi connectivity index (χ0v) is 13.7. The molecule has 0 unspecified atom stereocenters. The van der Waals surface area contributed by atoms with Crippen LogP contribution in [0.3, 0.4) is 0 Å². The predicted octanol–water partition coefficient (Wildman–Crippen LogP) is 2.09. The average molecular weight is 342 g/mol. The molecule has 0 radical (unpaired) electrons. The number of halogens is 1. The SMILES string of the molecule is CCOC(=O)/C(C)=C/[C@H](C(C)C)N(C)S(=O)(=O)Br. The Morgan fingerprint density at radius 3 is 2.28 bits per heavy atom. The van der Waals surface area contributed by atoms with Gasteiger partial charge in [-0.05, 0) is 19.8 Å². The van der Waals surface area contributed by atoms with Crippen LogP contribution in [0.5, 0.6) is 0 Å². The number of ether oxygens (including phenoxy) is 1. The van der Waals surface area contributed by atoms with Crippen LogP contribution in [-0.2, 0) is 18.0 Å². The summed E-state index contributed by atoms with van der Waals surface area (Å²) in [6, 6.07) is -0.404. The third-order valence-electron chi connectivity index (χ3n) is 2.47. The monoisotopic (exact) mass is 341 g/mol. The first-order valence-electron chi connectivity index (χ1n) is 5.64. The molecule has 0 amide bonds. The largest absolute Gasteiger partial charge is 0.463 e. The minimum absolute atomic E-state index is 0.0340. The first kappa shape index (κ1) is 17.6. The molecule has 18 heavy (non-hydrogen) atoms. The number of likely N-dealkylation sites (N-methyl/N-ethyl adjacent to an activating group) is 1. The summed E-state index contributed by atoms with van der Waals surface area (Å²) < 4.78 is 28.9. The number of carbonyl (C=O) groups excluding carboxylic acids is 1. The van der Waals surface area contributed by atoms with Crippen LogP contribution in [0.25, 0.3) is 0 Å². The van der Waals surface area contributed by atoms with Crippen molar-refractivity contribution in [2.75, 3.05) is 13.7 Å². The summed E-state index contributed by atoms with van der Waals surface area (Å²) in [6.45, 7) is 7.40. The van der Waals surface area contributed by atoms with Gasteiger partial charge in [-0.1, -0.05) is 19.9 Å². The minimum Gasteiger partial charge on any atom is -0.463 e.